The average molecular weight is 515 g/mol. The van der Waals surface area contributed by atoms with Crippen LogP contribution in [0, 0.1) is 31.6 Å². The first-order valence-electron chi connectivity index (χ1n) is 13.4. The van der Waals surface area contributed by atoms with Gasteiger partial charge in [0, 0.05) is 0 Å². The topological polar surface area (TPSA) is 107 Å². The van der Waals surface area contributed by atoms with Gasteiger partial charge in [0.25, 0.3) is 0 Å². The molecule has 1 aliphatic rings. The van der Waals surface area contributed by atoms with Gasteiger partial charge in [-0.2, -0.15) is 0 Å². The maximum Gasteiger partial charge on any atom is 0.466 e. The molecule has 6 nitrogen and oxygen atoms in total. The van der Waals surface area contributed by atoms with Gasteiger partial charge in [-0.25, -0.2) is 4.57 Å². The number of phosphoric acid groups is 1. The van der Waals surface area contributed by atoms with E-state index >= 15 is 0 Å². The van der Waals surface area contributed by atoms with Crippen molar-refractivity contribution in [3.63, 3.8) is 0 Å². The number of hydrogen-bond donors (Lipinski definition) is 4. The molecule has 1 aromatic rings. The standard InChI is InChI=1S/C28H48O2.H3O4P/c1-20(2)11-8-12-21(3)13-9-14-22(4)15-10-17-28(7)18-16-25-19-26(29)23(5)24(6)27(25)30-28;1-5(2,3)4/h19-22,29H,8-18H2,1-7H3;(H3,1,2,3,4)/t21?,22?,28-;/m1./s1. The summed E-state index contributed by atoms with van der Waals surface area (Å²) in [6.07, 6.45) is 14.1. The highest BCUT2D eigenvalue weighted by Crippen LogP contribution is 2.42. The van der Waals surface area contributed by atoms with Crippen LogP contribution in [0.25, 0.3) is 0 Å². The van der Waals surface area contributed by atoms with E-state index < -0.39 is 7.82 Å². The van der Waals surface area contributed by atoms with E-state index in [1.807, 2.05) is 13.0 Å². The van der Waals surface area contributed by atoms with E-state index in [1.165, 1.54) is 56.9 Å². The number of aryl methyl sites for hydroxylation is 1. The Bertz CT molecular complexity index is 810. The fourth-order valence-corrected chi connectivity index (χ4v) is 4.94. The first kappa shape index (κ1) is 32.0. The van der Waals surface area contributed by atoms with Crippen molar-refractivity contribution in [1.82, 2.24) is 0 Å². The second kappa shape index (κ2) is 14.6. The van der Waals surface area contributed by atoms with Crippen molar-refractivity contribution in [1.29, 1.82) is 0 Å². The van der Waals surface area contributed by atoms with Crippen molar-refractivity contribution in [3.05, 3.63) is 22.8 Å². The second-order valence-corrected chi connectivity index (χ2v) is 12.6. The molecule has 0 bridgehead atoms. The summed E-state index contributed by atoms with van der Waals surface area (Å²) in [6.45, 7) is 15.9. The summed E-state index contributed by atoms with van der Waals surface area (Å²) in [5.41, 5.74) is 3.16. The van der Waals surface area contributed by atoms with Gasteiger partial charge >= 0.3 is 7.82 Å². The lowest BCUT2D eigenvalue weighted by Gasteiger charge is -2.37. The molecule has 1 aliphatic heterocycles. The van der Waals surface area contributed by atoms with E-state index in [0.717, 1.165) is 53.9 Å². The van der Waals surface area contributed by atoms with Crippen LogP contribution in [0.5, 0.6) is 11.5 Å². The Morgan fingerprint density at radius 3 is 1.91 bits per heavy atom. The predicted octanol–water partition coefficient (Wildman–Crippen LogP) is 7.60. The maximum absolute atomic E-state index is 10.1. The maximum atomic E-state index is 10.1. The summed E-state index contributed by atoms with van der Waals surface area (Å²) in [5, 5.41) is 10.1. The molecule has 3 atom stereocenters. The number of hydrogen-bond acceptors (Lipinski definition) is 3. The van der Waals surface area contributed by atoms with Crippen LogP contribution in [0.15, 0.2) is 6.07 Å². The van der Waals surface area contributed by atoms with Crippen LogP contribution < -0.4 is 4.74 Å². The van der Waals surface area contributed by atoms with Crippen molar-refractivity contribution in [2.75, 3.05) is 0 Å². The molecule has 0 fully saturated rings. The normalized spacial score (nSPS) is 19.4. The van der Waals surface area contributed by atoms with Crippen LogP contribution in [0.1, 0.15) is 116 Å². The first-order valence-corrected chi connectivity index (χ1v) is 15.0. The fourth-order valence-electron chi connectivity index (χ4n) is 4.94. The van der Waals surface area contributed by atoms with E-state index in [-0.39, 0.29) is 5.60 Å². The summed E-state index contributed by atoms with van der Waals surface area (Å²) in [5.74, 6) is 3.98. The van der Waals surface area contributed by atoms with Gasteiger partial charge in [0.2, 0.25) is 0 Å². The summed E-state index contributed by atoms with van der Waals surface area (Å²) in [7, 11) is -4.64. The van der Waals surface area contributed by atoms with Gasteiger partial charge in [0.1, 0.15) is 17.1 Å². The number of fused-ring (bicyclic) bond motifs is 1. The van der Waals surface area contributed by atoms with Crippen LogP contribution in [0.3, 0.4) is 0 Å². The molecule has 2 unspecified atom stereocenters. The first-order chi connectivity index (χ1) is 16.1. The molecule has 0 saturated carbocycles. The van der Waals surface area contributed by atoms with Crippen molar-refractivity contribution in [2.45, 2.75) is 125 Å². The van der Waals surface area contributed by atoms with E-state index in [9.17, 15) is 5.11 Å². The molecule has 0 amide bonds. The minimum absolute atomic E-state index is 0.0637. The van der Waals surface area contributed by atoms with Gasteiger partial charge in [-0.05, 0) is 87.0 Å². The fraction of sp³-hybridized carbons (Fsp3) is 0.786. The molecule has 2 rings (SSSR count). The number of ether oxygens (including phenoxy) is 1. The van der Waals surface area contributed by atoms with Gasteiger partial charge in [-0.3, -0.25) is 0 Å². The molecule has 0 aliphatic carbocycles. The smallest absolute Gasteiger partial charge is 0.466 e. The van der Waals surface area contributed by atoms with E-state index in [4.69, 9.17) is 24.0 Å². The quantitative estimate of drug-likeness (QED) is 0.214. The number of phenolic OH excluding ortho intramolecular Hbond substituents is 1. The van der Waals surface area contributed by atoms with Crippen LogP contribution in [0.4, 0.5) is 0 Å². The van der Waals surface area contributed by atoms with E-state index in [2.05, 4.69) is 41.5 Å². The molecule has 35 heavy (non-hydrogen) atoms. The predicted molar refractivity (Wildman–Crippen MR) is 144 cm³/mol. The number of rotatable bonds is 12. The molecule has 4 N–H and O–H groups in total. The van der Waals surface area contributed by atoms with E-state index in [0.29, 0.717) is 5.75 Å². The zero-order chi connectivity index (χ0) is 26.8. The lowest BCUT2D eigenvalue weighted by Crippen LogP contribution is -2.36. The highest BCUT2D eigenvalue weighted by Gasteiger charge is 2.33. The second-order valence-electron chi connectivity index (χ2n) is 11.6. The summed E-state index contributed by atoms with van der Waals surface area (Å²) < 4.78 is 15.4. The minimum Gasteiger partial charge on any atom is -0.508 e. The monoisotopic (exact) mass is 514 g/mol. The van der Waals surface area contributed by atoms with Crippen molar-refractivity contribution < 1.29 is 29.1 Å². The molecule has 0 aromatic heterocycles. The zero-order valence-electron chi connectivity index (χ0n) is 23.1. The summed E-state index contributed by atoms with van der Waals surface area (Å²) >= 11 is 0. The Morgan fingerprint density at radius 1 is 0.914 bits per heavy atom. The van der Waals surface area contributed by atoms with E-state index in [1.54, 1.807) is 0 Å². The van der Waals surface area contributed by atoms with Gasteiger partial charge in [-0.1, -0.05) is 72.6 Å². The van der Waals surface area contributed by atoms with Gasteiger partial charge in [-0.15, -0.1) is 0 Å². The van der Waals surface area contributed by atoms with Crippen LogP contribution in [-0.2, 0) is 11.0 Å². The SMILES string of the molecule is Cc1c(O)cc2c(c1C)O[C@](C)(CCCC(C)CCCC(C)CCCC(C)C)CC2.O=P(O)(O)O. The number of benzene rings is 1. The molecule has 0 radical (unpaired) electrons. The minimum atomic E-state index is -4.64. The van der Waals surface area contributed by atoms with Crippen LogP contribution in [-0.4, -0.2) is 25.4 Å². The third-order valence-electron chi connectivity index (χ3n) is 7.44. The van der Waals surface area contributed by atoms with Crippen molar-refractivity contribution in [3.8, 4) is 11.5 Å². The number of aromatic hydroxyl groups is 1. The van der Waals surface area contributed by atoms with Gasteiger partial charge in [0.15, 0.2) is 0 Å². The molecule has 0 spiro atoms. The Balaban J connectivity index is 0.00000111. The molecule has 1 aromatic carbocycles. The molecular weight excluding hydrogens is 463 g/mol. The Kier molecular flexibility index (Phi) is 13.3. The molecule has 1 heterocycles. The van der Waals surface area contributed by atoms with Gasteiger partial charge in [0.05, 0.1) is 0 Å². The summed E-state index contributed by atoms with van der Waals surface area (Å²) in [6, 6.07) is 1.91. The van der Waals surface area contributed by atoms with Crippen molar-refractivity contribution >= 4 is 7.82 Å². The Hall–Kier alpha value is -1.07. The highest BCUT2D eigenvalue weighted by molar-refractivity contribution is 7.45. The van der Waals surface area contributed by atoms with Crippen LogP contribution >= 0.6 is 7.82 Å². The lowest BCUT2D eigenvalue weighted by atomic mass is 9.85. The molecule has 7 heteroatoms. The largest absolute Gasteiger partial charge is 0.508 e. The van der Waals surface area contributed by atoms with Gasteiger partial charge < -0.3 is 24.5 Å². The average Bonchev–Trinajstić information content (AvgIpc) is 2.71. The van der Waals surface area contributed by atoms with Crippen molar-refractivity contribution in [2.24, 2.45) is 17.8 Å². The Morgan fingerprint density at radius 2 is 1.40 bits per heavy atom. The third-order valence-corrected chi connectivity index (χ3v) is 7.44. The number of phenols is 1. The lowest BCUT2D eigenvalue weighted by molar-refractivity contribution is 0.0514. The summed E-state index contributed by atoms with van der Waals surface area (Å²) in [4.78, 5) is 21.6. The third kappa shape index (κ3) is 13.2. The molecule has 0 saturated heterocycles. The molecule has 204 valence electrons. The molecular formula is C28H51O6P. The Labute approximate surface area is 213 Å². The highest BCUT2D eigenvalue weighted by atomic mass is 31.2. The zero-order valence-corrected chi connectivity index (χ0v) is 24.0. The van der Waals surface area contributed by atoms with Crippen LogP contribution in [0.2, 0.25) is 0 Å².